The number of benzene rings is 2. The molecule has 2 aromatic carbocycles. The van der Waals surface area contributed by atoms with Crippen molar-refractivity contribution >= 4 is 18.0 Å². The maximum absolute atomic E-state index is 11.6. The molecule has 1 amide bonds. The third-order valence-corrected chi connectivity index (χ3v) is 5.30. The lowest BCUT2D eigenvalue weighted by Gasteiger charge is -2.17. The van der Waals surface area contributed by atoms with Crippen LogP contribution in [0.5, 0.6) is 0 Å². The molecule has 0 spiro atoms. The zero-order valence-electron chi connectivity index (χ0n) is 24.2. The van der Waals surface area contributed by atoms with Crippen molar-refractivity contribution in [3.8, 4) is 0 Å². The van der Waals surface area contributed by atoms with Crippen molar-refractivity contribution in [1.29, 1.82) is 0 Å². The highest BCUT2D eigenvalue weighted by molar-refractivity contribution is 5.94. The number of aliphatic hydroxyl groups is 1. The van der Waals surface area contributed by atoms with Crippen LogP contribution in [-0.2, 0) is 9.59 Å². The number of nitrogens with one attached hydrogen (secondary N) is 1. The molecule has 0 saturated heterocycles. The van der Waals surface area contributed by atoms with Crippen molar-refractivity contribution in [2.24, 2.45) is 11.8 Å². The molecule has 0 bridgehead atoms. The van der Waals surface area contributed by atoms with Gasteiger partial charge < -0.3 is 20.0 Å². The standard InChI is InChI=1S/C12H17NO.C7H8.C6H14O.C4H8O.C2H4O.CH4/c1-9(2)10(3)13-12(14)11-7-5-4-6-8-11;1-7-5-3-2-4-6-7;1-4-5(2)6(3)7;1-3-4(2)5;1-2-3;/h4-10H,1-3H3,(H,13,14);2-6H,1H3;5-7H,4H2,1-3H3;3H2,1-2H3;2H,1H3;1H4. The first-order chi connectivity index (χ1) is 16.9. The van der Waals surface area contributed by atoms with Crippen LogP contribution in [0.25, 0.3) is 0 Å². The van der Waals surface area contributed by atoms with E-state index in [4.69, 9.17) is 9.90 Å². The van der Waals surface area contributed by atoms with Crippen LogP contribution in [0.4, 0.5) is 0 Å². The fourth-order valence-corrected chi connectivity index (χ4v) is 1.92. The van der Waals surface area contributed by atoms with Gasteiger partial charge in [-0.15, -0.1) is 0 Å². The summed E-state index contributed by atoms with van der Waals surface area (Å²) in [5.74, 6) is 1.18. The van der Waals surface area contributed by atoms with E-state index in [2.05, 4.69) is 45.1 Å². The Labute approximate surface area is 228 Å². The van der Waals surface area contributed by atoms with Crippen LogP contribution >= 0.6 is 0 Å². The molecule has 5 heteroatoms. The summed E-state index contributed by atoms with van der Waals surface area (Å²) in [5, 5.41) is 11.8. The summed E-state index contributed by atoms with van der Waals surface area (Å²) in [7, 11) is 0. The normalized spacial score (nSPS) is 11.4. The van der Waals surface area contributed by atoms with Gasteiger partial charge >= 0.3 is 0 Å². The Balaban J connectivity index is -0.000000202. The van der Waals surface area contributed by atoms with Crippen molar-refractivity contribution in [2.75, 3.05) is 0 Å². The Morgan fingerprint density at radius 1 is 0.892 bits per heavy atom. The smallest absolute Gasteiger partial charge is 0.251 e. The summed E-state index contributed by atoms with van der Waals surface area (Å²) < 4.78 is 0. The molecule has 0 aliphatic rings. The van der Waals surface area contributed by atoms with Crippen molar-refractivity contribution in [3.63, 3.8) is 0 Å². The van der Waals surface area contributed by atoms with Gasteiger partial charge in [0, 0.05) is 18.0 Å². The van der Waals surface area contributed by atoms with Crippen LogP contribution in [0, 0.1) is 18.8 Å². The molecule has 0 heterocycles. The molecule has 0 aliphatic carbocycles. The molecule has 3 unspecified atom stereocenters. The highest BCUT2D eigenvalue weighted by Crippen LogP contribution is 2.05. The molecule has 0 aliphatic heterocycles. The molecule has 5 nitrogen and oxygen atoms in total. The average Bonchev–Trinajstić information content (AvgIpc) is 2.86. The van der Waals surface area contributed by atoms with E-state index in [0.717, 1.165) is 18.3 Å². The van der Waals surface area contributed by atoms with E-state index in [1.54, 1.807) is 6.92 Å². The summed E-state index contributed by atoms with van der Waals surface area (Å²) in [5.41, 5.74) is 2.04. The first kappa shape index (κ1) is 41.3. The van der Waals surface area contributed by atoms with E-state index in [-0.39, 0.29) is 31.3 Å². The number of amides is 1. The summed E-state index contributed by atoms with van der Waals surface area (Å²) in [6, 6.07) is 19.8. The first-order valence-corrected chi connectivity index (χ1v) is 12.8. The molecule has 0 saturated carbocycles. The van der Waals surface area contributed by atoms with Gasteiger partial charge in [-0.2, -0.15) is 0 Å². The van der Waals surface area contributed by atoms with Crippen LogP contribution < -0.4 is 5.32 Å². The molecule has 2 rings (SSSR count). The number of carbonyl (C=O) groups excluding carboxylic acids is 3. The molecule has 2 aromatic rings. The van der Waals surface area contributed by atoms with Crippen molar-refractivity contribution < 1.29 is 19.5 Å². The highest BCUT2D eigenvalue weighted by atomic mass is 16.3. The van der Waals surface area contributed by atoms with E-state index in [1.807, 2.05) is 76.2 Å². The maximum atomic E-state index is 11.6. The second-order valence-electron chi connectivity index (χ2n) is 8.94. The molecular formula is C32H55NO4. The lowest BCUT2D eigenvalue weighted by Crippen LogP contribution is -2.36. The average molecular weight is 518 g/mol. The summed E-state index contributed by atoms with van der Waals surface area (Å²) >= 11 is 0. The Hall–Kier alpha value is -2.79. The molecule has 37 heavy (non-hydrogen) atoms. The second-order valence-corrected chi connectivity index (χ2v) is 8.94. The van der Waals surface area contributed by atoms with Crippen LogP contribution in [0.3, 0.4) is 0 Å². The van der Waals surface area contributed by atoms with Crippen molar-refractivity contribution in [3.05, 3.63) is 71.8 Å². The zero-order valence-corrected chi connectivity index (χ0v) is 24.2. The van der Waals surface area contributed by atoms with Crippen LogP contribution in [0.2, 0.25) is 0 Å². The van der Waals surface area contributed by atoms with Gasteiger partial charge in [-0.25, -0.2) is 0 Å². The van der Waals surface area contributed by atoms with Gasteiger partial charge in [-0.3, -0.25) is 4.79 Å². The minimum absolute atomic E-state index is 0. The largest absolute Gasteiger partial charge is 0.393 e. The minimum atomic E-state index is -0.134. The number of hydrogen-bond donors (Lipinski definition) is 2. The SMILES string of the molecule is C.CC(C)C(C)NC(=O)c1ccccc1.CC=O.CCC(C)=O.CCC(C)C(C)O.Cc1ccccc1. The fraction of sp³-hybridized carbons (Fsp3) is 0.531. The van der Waals surface area contributed by atoms with Crippen LogP contribution in [-0.4, -0.2) is 35.2 Å². The van der Waals surface area contributed by atoms with E-state index in [9.17, 15) is 9.59 Å². The first-order valence-electron chi connectivity index (χ1n) is 12.8. The van der Waals surface area contributed by atoms with E-state index in [0.29, 0.717) is 18.3 Å². The van der Waals surface area contributed by atoms with E-state index in [1.165, 1.54) is 12.5 Å². The lowest BCUT2D eigenvalue weighted by atomic mass is 10.0. The molecule has 3 atom stereocenters. The van der Waals surface area contributed by atoms with E-state index < -0.39 is 0 Å². The van der Waals surface area contributed by atoms with Crippen LogP contribution in [0.15, 0.2) is 60.7 Å². The van der Waals surface area contributed by atoms with Crippen LogP contribution in [0.1, 0.15) is 98.5 Å². The number of carbonyl (C=O) groups is 3. The zero-order chi connectivity index (χ0) is 28.5. The van der Waals surface area contributed by atoms with Crippen molar-refractivity contribution in [2.45, 2.75) is 102 Å². The summed E-state index contributed by atoms with van der Waals surface area (Å²) in [6.45, 7) is 19.1. The third kappa shape index (κ3) is 29.3. The monoisotopic (exact) mass is 517 g/mol. The van der Waals surface area contributed by atoms with Crippen molar-refractivity contribution in [1.82, 2.24) is 5.32 Å². The highest BCUT2D eigenvalue weighted by Gasteiger charge is 2.11. The minimum Gasteiger partial charge on any atom is -0.393 e. The lowest BCUT2D eigenvalue weighted by molar-refractivity contribution is -0.116. The van der Waals surface area contributed by atoms with Gasteiger partial charge in [0.1, 0.15) is 12.1 Å². The van der Waals surface area contributed by atoms with E-state index >= 15 is 0 Å². The number of aldehydes is 1. The molecular weight excluding hydrogens is 462 g/mol. The number of ketones is 1. The second kappa shape index (κ2) is 27.8. The fourth-order valence-electron chi connectivity index (χ4n) is 1.92. The van der Waals surface area contributed by atoms with Gasteiger partial charge in [0.05, 0.1) is 6.10 Å². The topological polar surface area (TPSA) is 83.5 Å². The predicted octanol–water partition coefficient (Wildman–Crippen LogP) is 7.70. The quantitative estimate of drug-likeness (QED) is 0.385. The van der Waals surface area contributed by atoms with Gasteiger partial charge in [0.2, 0.25) is 0 Å². The third-order valence-electron chi connectivity index (χ3n) is 5.30. The Kier molecular flexibility index (Phi) is 31.1. The Morgan fingerprint density at radius 2 is 1.27 bits per heavy atom. The number of rotatable bonds is 6. The number of Topliss-reactive ketones (excluding diaryl/α,β-unsaturated/α-hetero) is 1. The number of aliphatic hydroxyl groups excluding tert-OH is 1. The number of hydrogen-bond acceptors (Lipinski definition) is 4. The molecule has 212 valence electrons. The maximum Gasteiger partial charge on any atom is 0.251 e. The van der Waals surface area contributed by atoms with Gasteiger partial charge in [0.25, 0.3) is 5.91 Å². The molecule has 0 fully saturated rings. The van der Waals surface area contributed by atoms with Gasteiger partial charge in [0.15, 0.2) is 0 Å². The molecule has 0 radical (unpaired) electrons. The predicted molar refractivity (Wildman–Crippen MR) is 160 cm³/mol. The summed E-state index contributed by atoms with van der Waals surface area (Å²) in [4.78, 5) is 30.3. The Morgan fingerprint density at radius 3 is 1.49 bits per heavy atom. The number of aryl methyl sites for hydroxylation is 1. The Bertz CT molecular complexity index is 774. The molecule has 0 aromatic heterocycles. The molecule has 2 N–H and O–H groups in total. The summed E-state index contributed by atoms with van der Waals surface area (Å²) in [6.07, 6.45) is 2.35. The van der Waals surface area contributed by atoms with Gasteiger partial charge in [-0.1, -0.05) is 103 Å². The van der Waals surface area contributed by atoms with Gasteiger partial charge in [-0.05, 0) is 58.6 Å².